The van der Waals surface area contributed by atoms with Crippen molar-refractivity contribution in [2.45, 2.75) is 12.5 Å². The molecule has 2 aliphatic heterocycles. The molecule has 2 aliphatic rings. The standard InChI is InChI=1S/C26H21N3O7/c1-34-20-10-6-5-9-18(20)24(31)27-29(25(32)16-7-3-2-4-8-16)19-14-23(30)28(26(19)33)17-11-12-21-22(13-17)36-15-35-21/h2-13,19H,14-15H2,1H3,(H,27,31). The number of carbonyl (C=O) groups is 4. The summed E-state index contributed by atoms with van der Waals surface area (Å²) in [6.07, 6.45) is -0.321. The molecule has 0 saturated carbocycles. The summed E-state index contributed by atoms with van der Waals surface area (Å²) in [7, 11) is 1.42. The number of amides is 4. The summed E-state index contributed by atoms with van der Waals surface area (Å²) in [6.45, 7) is 0.0393. The second-order valence-corrected chi connectivity index (χ2v) is 8.01. The first-order chi connectivity index (χ1) is 17.5. The van der Waals surface area contributed by atoms with E-state index in [9.17, 15) is 19.2 Å². The summed E-state index contributed by atoms with van der Waals surface area (Å²) in [5, 5.41) is 0.914. The summed E-state index contributed by atoms with van der Waals surface area (Å²) in [5.41, 5.74) is 3.21. The van der Waals surface area contributed by atoms with E-state index in [1.54, 1.807) is 60.7 Å². The number of hydrazine groups is 1. The van der Waals surface area contributed by atoms with Gasteiger partial charge in [-0.15, -0.1) is 0 Å². The van der Waals surface area contributed by atoms with Gasteiger partial charge in [-0.05, 0) is 36.4 Å². The van der Waals surface area contributed by atoms with Gasteiger partial charge in [-0.2, -0.15) is 0 Å². The third-order valence-electron chi connectivity index (χ3n) is 5.86. The van der Waals surface area contributed by atoms with E-state index in [-0.39, 0.29) is 35.8 Å². The molecule has 1 atom stereocenters. The Bertz CT molecular complexity index is 1360. The highest BCUT2D eigenvalue weighted by molar-refractivity contribution is 6.23. The maximum absolute atomic E-state index is 13.5. The molecule has 2 heterocycles. The van der Waals surface area contributed by atoms with Gasteiger partial charge in [-0.25, -0.2) is 9.91 Å². The van der Waals surface area contributed by atoms with E-state index < -0.39 is 29.7 Å². The lowest BCUT2D eigenvalue weighted by atomic mass is 10.1. The summed E-state index contributed by atoms with van der Waals surface area (Å²) in [6, 6.07) is 18.1. The second-order valence-electron chi connectivity index (χ2n) is 8.01. The van der Waals surface area contributed by atoms with Crippen LogP contribution >= 0.6 is 0 Å². The van der Waals surface area contributed by atoms with Crippen molar-refractivity contribution in [3.8, 4) is 17.2 Å². The van der Waals surface area contributed by atoms with Crippen molar-refractivity contribution in [2.24, 2.45) is 0 Å². The lowest BCUT2D eigenvalue weighted by Crippen LogP contribution is -2.54. The molecular formula is C26H21N3O7. The molecule has 4 amide bonds. The van der Waals surface area contributed by atoms with Gasteiger partial charge in [0, 0.05) is 11.6 Å². The maximum Gasteiger partial charge on any atom is 0.273 e. The topological polar surface area (TPSA) is 114 Å². The number of hydrogen-bond acceptors (Lipinski definition) is 7. The van der Waals surface area contributed by atoms with Gasteiger partial charge in [0.15, 0.2) is 11.5 Å². The number of benzene rings is 3. The van der Waals surface area contributed by atoms with Crippen molar-refractivity contribution in [3.05, 3.63) is 83.9 Å². The van der Waals surface area contributed by atoms with Crippen molar-refractivity contribution in [3.63, 3.8) is 0 Å². The van der Waals surface area contributed by atoms with Gasteiger partial charge < -0.3 is 14.2 Å². The highest BCUT2D eigenvalue weighted by atomic mass is 16.7. The number of hydrogen-bond donors (Lipinski definition) is 1. The van der Waals surface area contributed by atoms with Crippen LogP contribution in [0.4, 0.5) is 5.69 Å². The fraction of sp³-hybridized carbons (Fsp3) is 0.154. The monoisotopic (exact) mass is 487 g/mol. The molecule has 1 unspecified atom stereocenters. The molecule has 1 saturated heterocycles. The molecule has 0 aromatic heterocycles. The summed E-state index contributed by atoms with van der Waals surface area (Å²) >= 11 is 0. The minimum absolute atomic E-state index is 0.0393. The van der Waals surface area contributed by atoms with E-state index in [1.165, 1.54) is 19.2 Å². The Kier molecular flexibility index (Phi) is 5.99. The van der Waals surface area contributed by atoms with Crippen LogP contribution in [0.25, 0.3) is 0 Å². The van der Waals surface area contributed by atoms with Crippen LogP contribution in [0.15, 0.2) is 72.8 Å². The zero-order valence-corrected chi connectivity index (χ0v) is 19.2. The normalized spacial score (nSPS) is 16.1. The molecule has 3 aromatic rings. The maximum atomic E-state index is 13.5. The molecule has 0 spiro atoms. The summed E-state index contributed by atoms with van der Waals surface area (Å²) < 4.78 is 15.9. The quantitative estimate of drug-likeness (QED) is 0.435. The van der Waals surface area contributed by atoms with Crippen LogP contribution in [0, 0.1) is 0 Å². The average molecular weight is 487 g/mol. The number of fused-ring (bicyclic) bond motifs is 1. The Labute approximate surface area is 205 Å². The van der Waals surface area contributed by atoms with Crippen LogP contribution in [0.5, 0.6) is 17.2 Å². The van der Waals surface area contributed by atoms with Crippen molar-refractivity contribution in [1.82, 2.24) is 10.4 Å². The number of ether oxygens (including phenoxy) is 3. The van der Waals surface area contributed by atoms with Gasteiger partial charge >= 0.3 is 0 Å². The number of nitrogens with one attached hydrogen (secondary N) is 1. The molecule has 0 radical (unpaired) electrons. The van der Waals surface area contributed by atoms with Crippen LogP contribution in [0.1, 0.15) is 27.1 Å². The molecule has 5 rings (SSSR count). The zero-order valence-electron chi connectivity index (χ0n) is 19.2. The Morgan fingerprint density at radius 3 is 2.47 bits per heavy atom. The number of anilines is 1. The highest BCUT2D eigenvalue weighted by Crippen LogP contribution is 2.37. The smallest absolute Gasteiger partial charge is 0.273 e. The minimum atomic E-state index is -1.27. The van der Waals surface area contributed by atoms with Gasteiger partial charge in [0.25, 0.3) is 17.7 Å². The predicted molar refractivity (Wildman–Crippen MR) is 127 cm³/mol. The molecule has 0 aliphatic carbocycles. The van der Waals surface area contributed by atoms with Crippen LogP contribution in [0.3, 0.4) is 0 Å². The Hall–Kier alpha value is -4.86. The van der Waals surface area contributed by atoms with Gasteiger partial charge in [-0.3, -0.25) is 24.6 Å². The van der Waals surface area contributed by atoms with E-state index >= 15 is 0 Å². The van der Waals surface area contributed by atoms with Crippen molar-refractivity contribution >= 4 is 29.3 Å². The van der Waals surface area contributed by atoms with Crippen LogP contribution in [-0.2, 0) is 9.59 Å². The van der Waals surface area contributed by atoms with Gasteiger partial charge in [0.2, 0.25) is 12.7 Å². The number of methoxy groups -OCH3 is 1. The molecule has 3 aromatic carbocycles. The van der Waals surface area contributed by atoms with Crippen molar-refractivity contribution in [1.29, 1.82) is 0 Å². The van der Waals surface area contributed by atoms with Gasteiger partial charge in [0.1, 0.15) is 11.8 Å². The summed E-state index contributed by atoms with van der Waals surface area (Å²) in [5.74, 6) is -1.31. The molecular weight excluding hydrogens is 466 g/mol. The van der Waals surface area contributed by atoms with Crippen LogP contribution < -0.4 is 24.5 Å². The van der Waals surface area contributed by atoms with E-state index in [0.717, 1.165) is 9.91 Å². The summed E-state index contributed by atoms with van der Waals surface area (Å²) in [4.78, 5) is 54.1. The SMILES string of the molecule is COc1ccccc1C(=O)NN(C(=O)c1ccccc1)C1CC(=O)N(c2ccc3c(c2)OCO3)C1=O. The lowest BCUT2D eigenvalue weighted by molar-refractivity contribution is -0.122. The Morgan fingerprint density at radius 1 is 0.972 bits per heavy atom. The first kappa shape index (κ1) is 22.9. The predicted octanol–water partition coefficient (Wildman–Crippen LogP) is 2.54. The fourth-order valence-electron chi connectivity index (χ4n) is 4.11. The van der Waals surface area contributed by atoms with Crippen LogP contribution in [-0.4, -0.2) is 48.6 Å². The molecule has 1 N–H and O–H groups in total. The molecule has 182 valence electrons. The molecule has 36 heavy (non-hydrogen) atoms. The largest absolute Gasteiger partial charge is 0.496 e. The molecule has 0 bridgehead atoms. The molecule has 10 nitrogen and oxygen atoms in total. The number of rotatable bonds is 5. The lowest BCUT2D eigenvalue weighted by Gasteiger charge is -2.28. The van der Waals surface area contributed by atoms with E-state index in [4.69, 9.17) is 14.2 Å². The minimum Gasteiger partial charge on any atom is -0.496 e. The van der Waals surface area contributed by atoms with Gasteiger partial charge in [0.05, 0.1) is 24.8 Å². The van der Waals surface area contributed by atoms with E-state index in [2.05, 4.69) is 5.43 Å². The number of nitrogens with zero attached hydrogens (tertiary/aromatic N) is 2. The van der Waals surface area contributed by atoms with Crippen LogP contribution in [0.2, 0.25) is 0 Å². The Balaban J connectivity index is 1.48. The zero-order chi connectivity index (χ0) is 25.2. The number of carbonyl (C=O) groups excluding carboxylic acids is 4. The first-order valence-corrected chi connectivity index (χ1v) is 11.1. The molecule has 1 fully saturated rings. The average Bonchev–Trinajstić information content (AvgIpc) is 3.50. The van der Waals surface area contributed by atoms with Crippen molar-refractivity contribution < 1.29 is 33.4 Å². The van der Waals surface area contributed by atoms with E-state index in [1.807, 2.05) is 0 Å². The third kappa shape index (κ3) is 4.09. The number of imide groups is 1. The third-order valence-corrected chi connectivity index (χ3v) is 5.86. The molecule has 10 heteroatoms. The van der Waals surface area contributed by atoms with Gasteiger partial charge in [-0.1, -0.05) is 30.3 Å². The Morgan fingerprint density at radius 2 is 1.69 bits per heavy atom. The second kappa shape index (κ2) is 9.41. The fourth-order valence-corrected chi connectivity index (χ4v) is 4.11. The van der Waals surface area contributed by atoms with Crippen molar-refractivity contribution in [2.75, 3.05) is 18.8 Å². The number of para-hydroxylation sites is 1. The highest BCUT2D eigenvalue weighted by Gasteiger charge is 2.46. The first-order valence-electron chi connectivity index (χ1n) is 11.1. The van der Waals surface area contributed by atoms with E-state index in [0.29, 0.717) is 11.5 Å².